The van der Waals surface area contributed by atoms with Crippen molar-refractivity contribution in [2.75, 3.05) is 126 Å². The summed E-state index contributed by atoms with van der Waals surface area (Å²) in [6.45, 7) is 26.4. The van der Waals surface area contributed by atoms with Crippen LogP contribution in [0.25, 0.3) is 10.8 Å². The van der Waals surface area contributed by atoms with Crippen LogP contribution < -0.4 is 30.2 Å². The molecule has 4 heterocycles. The van der Waals surface area contributed by atoms with Crippen LogP contribution in [-0.2, 0) is 56.8 Å². The van der Waals surface area contributed by atoms with Crippen LogP contribution in [0.1, 0.15) is 77.8 Å². The van der Waals surface area contributed by atoms with Crippen LogP contribution in [0.15, 0.2) is 114 Å². The number of nitrogens with one attached hydrogen (secondary N) is 1. The number of primary amides is 1. The molecule has 20 nitrogen and oxygen atoms in total. The maximum atomic E-state index is 12.4. The molecule has 4 aromatic rings. The molecule has 23 heteroatoms. The van der Waals surface area contributed by atoms with Crippen LogP contribution in [0, 0.1) is 0 Å². The number of thiophene rings is 1. The number of nitrogens with two attached hydrogens (primary N) is 1. The molecule has 4 N–H and O–H groups in total. The van der Waals surface area contributed by atoms with E-state index in [9.17, 15) is 29.1 Å². The Kier molecular flexibility index (Phi) is 46.7. The molecule has 1 aromatic heterocycles. The summed E-state index contributed by atoms with van der Waals surface area (Å²) in [7, 11) is 14.3. The number of hydrogen-bond acceptors (Lipinski definition) is 18. The number of likely N-dealkylation sites (N-methyl/N-ethyl adjacent to an activating group) is 3. The lowest BCUT2D eigenvalue weighted by molar-refractivity contribution is -0.151. The van der Waals surface area contributed by atoms with Crippen molar-refractivity contribution in [3.05, 3.63) is 130 Å². The topological polar surface area (TPSA) is 224 Å². The van der Waals surface area contributed by atoms with Gasteiger partial charge in [-0.25, -0.2) is 9.59 Å². The molecule has 7 rings (SSSR count). The zero-order valence-corrected chi connectivity index (χ0v) is 57.7. The lowest BCUT2D eigenvalue weighted by atomic mass is 10.0. The number of esters is 1. The van der Waals surface area contributed by atoms with Gasteiger partial charge in [0.1, 0.15) is 48.1 Å². The molecule has 0 aliphatic carbocycles. The lowest BCUT2D eigenvalue weighted by Gasteiger charge is -2.29. The van der Waals surface area contributed by atoms with Crippen molar-refractivity contribution in [3.63, 3.8) is 0 Å². The Balaban J connectivity index is 0. The van der Waals surface area contributed by atoms with E-state index in [0.29, 0.717) is 75.9 Å². The van der Waals surface area contributed by atoms with Gasteiger partial charge in [-0.05, 0) is 139 Å². The van der Waals surface area contributed by atoms with Crippen molar-refractivity contribution in [2.24, 2.45) is 5.73 Å². The Labute approximate surface area is 538 Å². The molecular formula is C65H102ClN7O13S2. The fourth-order valence-corrected chi connectivity index (χ4v) is 9.10. The molecule has 4 amide bonds. The smallest absolute Gasteiger partial charge is 0.415 e. The molecule has 3 aliphatic rings. The second kappa shape index (κ2) is 49.3. The van der Waals surface area contributed by atoms with E-state index in [-0.39, 0.29) is 18.9 Å². The van der Waals surface area contributed by atoms with Gasteiger partial charge >= 0.3 is 12.1 Å². The number of aliphatic hydroxyl groups is 1. The van der Waals surface area contributed by atoms with Gasteiger partial charge in [0.2, 0.25) is 18.7 Å². The van der Waals surface area contributed by atoms with E-state index in [0.717, 1.165) is 75.3 Å². The first kappa shape index (κ1) is 83.4. The van der Waals surface area contributed by atoms with E-state index in [1.807, 2.05) is 137 Å². The Hall–Kier alpha value is -6.63. The predicted molar refractivity (Wildman–Crippen MR) is 362 cm³/mol. The van der Waals surface area contributed by atoms with Gasteiger partial charge in [-0.15, -0.1) is 22.9 Å². The predicted octanol–water partition coefficient (Wildman–Crippen LogP) is 10.7. The molecule has 1 atom stereocenters. The van der Waals surface area contributed by atoms with Crippen LogP contribution >= 0.6 is 35.0 Å². The molecule has 1 unspecified atom stereocenters. The first-order chi connectivity index (χ1) is 42.1. The van der Waals surface area contributed by atoms with Gasteiger partial charge in [-0.1, -0.05) is 82.0 Å². The van der Waals surface area contributed by atoms with Crippen molar-refractivity contribution >= 4 is 82.2 Å². The van der Waals surface area contributed by atoms with Crippen LogP contribution in [0.3, 0.4) is 0 Å². The number of nitrogens with zero attached hydrogens (tertiary/aromatic N) is 5. The monoisotopic (exact) mass is 1290 g/mol. The fraction of sp³-hybridized carbons (Fsp3) is 0.492. The lowest BCUT2D eigenvalue weighted by Crippen LogP contribution is -2.38. The number of methoxy groups -OCH3 is 2. The molecule has 0 saturated carbocycles. The van der Waals surface area contributed by atoms with Gasteiger partial charge < -0.3 is 69.1 Å². The SMILES string of the molecule is C/C=C\OC.C=CC(=C)C.CC.CCOc1ccc(OCCN(C)C)cc1CC.CCl.CN(C=O)CCN(C)C(=O)Oc1cc2c(c3ccccc13)CCN2C=O.CNC.COCC1=C2C(=O)OC(C)(C)CC(OSC1)N2CO.NC(=O)Cc1cccs1. The van der Waals surface area contributed by atoms with Crippen LogP contribution in [0.2, 0.25) is 0 Å². The summed E-state index contributed by atoms with van der Waals surface area (Å²) in [5.74, 6) is 2.14. The largest absolute Gasteiger partial charge is 0.505 e. The molecule has 3 aliphatic heterocycles. The standard InChI is InChI=1S/C19H21N3O4.C14H23NO2.C12H19NO5S.C6H7NOS.C5H8.C4H8O.C2H7N.C2H6.CH3Cl/c1-20(12-23)9-10-21(2)19(25)26-18-11-17-15(7-8-22(17)13-24)14-5-3-4-6-16(14)18;1-5-12-11-13(17-10-9-15(3)4)7-8-14(12)16-6-2;1-12(2)4-9-13(7-14)10(11(15)17-12)8(5-16-3)6-19-18-9;7-6(8)4-5-2-1-3-9-5;1-4-5(2)3;1-3-4-5-2;1-3-2;2*1-2/h3-6,11-13H,7-10H2,1-2H3;7-8,11H,5-6,9-10H2,1-4H3;9,14H,4-7H2,1-3H3;1-3H,4H2,(H2,7,8);4H,1-2H2,3H3;3-4H,1-2H3;3H,1-2H3;1-2H3;1H3/b;;;;;4-3-;;;. The summed E-state index contributed by atoms with van der Waals surface area (Å²) >= 11 is 7.46. The second-order valence-electron chi connectivity index (χ2n) is 19.7. The average Bonchev–Trinajstić information content (AvgIpc) is 1.95. The number of carbonyl (C=O) groups is 5. The number of hydrogen-bond donors (Lipinski definition) is 3. The molecule has 0 radical (unpaired) electrons. The number of benzene rings is 3. The quantitative estimate of drug-likeness (QED) is 0.0187. The second-order valence-corrected chi connectivity index (χ2v) is 21.4. The van der Waals surface area contributed by atoms with E-state index in [2.05, 4.69) is 52.7 Å². The van der Waals surface area contributed by atoms with Crippen molar-refractivity contribution in [3.8, 4) is 17.2 Å². The Morgan fingerprint density at radius 2 is 1.61 bits per heavy atom. The molecule has 1 saturated heterocycles. The normalized spacial score (nSPS) is 13.8. The number of fused-ring (bicyclic) bond motifs is 5. The molecule has 1 fully saturated rings. The number of anilines is 1. The first-order valence-electron chi connectivity index (χ1n) is 28.8. The summed E-state index contributed by atoms with van der Waals surface area (Å²) in [6.07, 6.45) is 9.87. The Morgan fingerprint density at radius 1 is 0.966 bits per heavy atom. The number of allylic oxidation sites excluding steroid dienone is 3. The van der Waals surface area contributed by atoms with Gasteiger partial charge in [0.25, 0.3) is 0 Å². The van der Waals surface area contributed by atoms with Gasteiger partial charge in [-0.3, -0.25) is 18.6 Å². The summed E-state index contributed by atoms with van der Waals surface area (Å²) in [5, 5.41) is 16.1. The Bertz CT molecular complexity index is 2690. The van der Waals surface area contributed by atoms with Crippen molar-refractivity contribution in [2.45, 2.75) is 92.9 Å². The molecular weight excluding hydrogens is 1190 g/mol. The number of aliphatic hydroxyl groups excluding tert-OH is 1. The number of ether oxygens (including phenoxy) is 6. The van der Waals surface area contributed by atoms with Crippen molar-refractivity contribution in [1.29, 1.82) is 0 Å². The third-order valence-corrected chi connectivity index (χ3v) is 13.5. The first-order valence-corrected chi connectivity index (χ1v) is 31.3. The summed E-state index contributed by atoms with van der Waals surface area (Å²) in [5.41, 5.74) is 9.55. The zero-order chi connectivity index (χ0) is 67.2. The van der Waals surface area contributed by atoms with Crippen molar-refractivity contribution in [1.82, 2.24) is 24.9 Å². The molecule has 88 heavy (non-hydrogen) atoms. The molecule has 2 bridgehead atoms. The van der Waals surface area contributed by atoms with E-state index < -0.39 is 17.7 Å². The van der Waals surface area contributed by atoms with Gasteiger partial charge in [-0.2, -0.15) is 0 Å². The number of cyclic esters (lactones) is 1. The maximum Gasteiger partial charge on any atom is 0.415 e. The highest BCUT2D eigenvalue weighted by Gasteiger charge is 2.42. The van der Waals surface area contributed by atoms with E-state index in [1.54, 1.807) is 67.9 Å². The van der Waals surface area contributed by atoms with E-state index in [4.69, 9.17) is 33.6 Å². The van der Waals surface area contributed by atoms with Crippen molar-refractivity contribution < 1.29 is 61.7 Å². The highest BCUT2D eigenvalue weighted by molar-refractivity contribution is 7.94. The summed E-state index contributed by atoms with van der Waals surface area (Å²) < 4.78 is 37.7. The van der Waals surface area contributed by atoms with Gasteiger partial charge in [0.05, 0.1) is 38.7 Å². The average molecular weight is 1290 g/mol. The minimum atomic E-state index is -0.632. The van der Waals surface area contributed by atoms with Gasteiger partial charge in [0, 0.05) is 82.3 Å². The number of carbonyl (C=O) groups excluding carboxylic acids is 5. The molecule has 3 aromatic carbocycles. The number of amides is 4. The number of aryl methyl sites for hydroxylation is 1. The highest BCUT2D eigenvalue weighted by atomic mass is 35.5. The van der Waals surface area contributed by atoms with Crippen LogP contribution in [0.5, 0.6) is 17.2 Å². The highest BCUT2D eigenvalue weighted by Crippen LogP contribution is 2.40. The maximum absolute atomic E-state index is 12.4. The minimum Gasteiger partial charge on any atom is -0.505 e. The van der Waals surface area contributed by atoms with Crippen LogP contribution in [0.4, 0.5) is 10.5 Å². The van der Waals surface area contributed by atoms with E-state index >= 15 is 0 Å². The number of rotatable bonds is 20. The van der Waals surface area contributed by atoms with Crippen LogP contribution in [-0.4, -0.2) is 189 Å². The minimum absolute atomic E-state index is 0.266. The Morgan fingerprint density at radius 3 is 2.11 bits per heavy atom. The fourth-order valence-electron chi connectivity index (χ4n) is 7.63. The third-order valence-electron chi connectivity index (χ3n) is 11.8. The molecule has 494 valence electrons. The van der Waals surface area contributed by atoms with E-state index in [1.165, 1.54) is 33.8 Å². The summed E-state index contributed by atoms with van der Waals surface area (Å²) in [4.78, 5) is 66.1. The van der Waals surface area contributed by atoms with Gasteiger partial charge in [0.15, 0.2) is 0 Å². The summed E-state index contributed by atoms with van der Waals surface area (Å²) in [6, 6.07) is 19.3. The zero-order valence-electron chi connectivity index (χ0n) is 55.3. The molecule has 0 spiro atoms. The number of alkyl halides is 1. The number of halogens is 1. The third kappa shape index (κ3) is 32.6.